The van der Waals surface area contributed by atoms with Crippen LogP contribution >= 0.6 is 0 Å². The minimum Gasteiger partial charge on any atom is -0.493 e. The van der Waals surface area contributed by atoms with Crippen molar-refractivity contribution in [3.05, 3.63) is 81.9 Å². The number of sulfonamides is 1. The summed E-state index contributed by atoms with van der Waals surface area (Å²) in [6.45, 7) is 9.03. The van der Waals surface area contributed by atoms with Crippen molar-refractivity contribution in [1.82, 2.24) is 9.21 Å². The van der Waals surface area contributed by atoms with Crippen molar-refractivity contribution in [3.8, 4) is 17.2 Å². The van der Waals surface area contributed by atoms with E-state index in [0.29, 0.717) is 56.4 Å². The third-order valence-corrected chi connectivity index (χ3v) is 8.88. The molecule has 1 fully saturated rings. The van der Waals surface area contributed by atoms with Crippen LogP contribution < -0.4 is 19.6 Å². The van der Waals surface area contributed by atoms with E-state index < -0.39 is 10.0 Å². The summed E-state index contributed by atoms with van der Waals surface area (Å²) in [7, 11) is -0.732. The first kappa shape index (κ1) is 29.6. The van der Waals surface area contributed by atoms with Gasteiger partial charge in [0.25, 0.3) is 0 Å². The van der Waals surface area contributed by atoms with Gasteiger partial charge in [-0.25, -0.2) is 8.42 Å². The van der Waals surface area contributed by atoms with Gasteiger partial charge in [0.05, 0.1) is 25.7 Å². The second-order valence-corrected chi connectivity index (χ2v) is 12.8. The molecule has 0 amide bonds. The number of methoxy groups -OCH3 is 2. The summed E-state index contributed by atoms with van der Waals surface area (Å²) in [6.07, 6.45) is 2.00. The van der Waals surface area contributed by atoms with Gasteiger partial charge in [0.2, 0.25) is 21.2 Å². The van der Waals surface area contributed by atoms with Crippen LogP contribution in [0.5, 0.6) is 17.2 Å². The van der Waals surface area contributed by atoms with Crippen LogP contribution in [0.1, 0.15) is 44.1 Å². The zero-order valence-corrected chi connectivity index (χ0v) is 24.6. The lowest BCUT2D eigenvalue weighted by atomic mass is 9.87. The smallest absolute Gasteiger partial charge is 0.243 e. The van der Waals surface area contributed by atoms with E-state index in [4.69, 9.17) is 18.6 Å². The Hall–Kier alpha value is -3.34. The zero-order chi connectivity index (χ0) is 28.9. The molecule has 4 rings (SSSR count). The fourth-order valence-electron chi connectivity index (χ4n) is 4.58. The van der Waals surface area contributed by atoms with Crippen molar-refractivity contribution in [2.75, 3.05) is 40.4 Å². The van der Waals surface area contributed by atoms with E-state index in [0.717, 1.165) is 5.56 Å². The Kier molecular flexibility index (Phi) is 9.22. The minimum absolute atomic E-state index is 0.0703. The van der Waals surface area contributed by atoms with Gasteiger partial charge in [0.1, 0.15) is 18.6 Å². The molecule has 0 N–H and O–H groups in total. The highest BCUT2D eigenvalue weighted by Crippen LogP contribution is 2.31. The van der Waals surface area contributed by atoms with Crippen LogP contribution in [0.2, 0.25) is 0 Å². The molecule has 0 radical (unpaired) electrons. The molecule has 1 aromatic heterocycles. The second-order valence-electron chi connectivity index (χ2n) is 10.9. The van der Waals surface area contributed by atoms with E-state index >= 15 is 0 Å². The lowest BCUT2D eigenvalue weighted by molar-refractivity contribution is 0.245. The van der Waals surface area contributed by atoms with Gasteiger partial charge in [-0.2, -0.15) is 4.31 Å². The van der Waals surface area contributed by atoms with E-state index in [9.17, 15) is 13.2 Å². The highest BCUT2D eigenvalue weighted by atomic mass is 32.2. The van der Waals surface area contributed by atoms with Crippen molar-refractivity contribution in [2.24, 2.45) is 0 Å². The molecular formula is C30H38N2O7S. The maximum atomic E-state index is 13.3. The van der Waals surface area contributed by atoms with Gasteiger partial charge in [-0.05, 0) is 41.6 Å². The molecule has 1 aliphatic rings. The summed E-state index contributed by atoms with van der Waals surface area (Å²) >= 11 is 0. The summed E-state index contributed by atoms with van der Waals surface area (Å²) in [5.41, 5.74) is 2.02. The van der Waals surface area contributed by atoms with Crippen LogP contribution in [0, 0.1) is 0 Å². The Morgan fingerprint density at radius 1 is 0.875 bits per heavy atom. The highest BCUT2D eigenvalue weighted by Gasteiger charge is 2.28. The molecule has 0 spiro atoms. The predicted molar refractivity (Wildman–Crippen MR) is 153 cm³/mol. The molecule has 0 unspecified atom stereocenters. The van der Waals surface area contributed by atoms with Gasteiger partial charge in [-0.3, -0.25) is 9.69 Å². The largest absolute Gasteiger partial charge is 0.493 e. The first-order valence-electron chi connectivity index (χ1n) is 13.3. The maximum absolute atomic E-state index is 13.3. The predicted octanol–water partition coefficient (Wildman–Crippen LogP) is 4.43. The number of ether oxygens (including phenoxy) is 3. The van der Waals surface area contributed by atoms with Crippen LogP contribution in [0.4, 0.5) is 0 Å². The lowest BCUT2D eigenvalue weighted by Gasteiger charge is -2.22. The summed E-state index contributed by atoms with van der Waals surface area (Å²) in [4.78, 5) is 14.9. The van der Waals surface area contributed by atoms with Gasteiger partial charge in [-0.15, -0.1) is 0 Å². The molecule has 0 aliphatic carbocycles. The molecule has 2 aromatic carbocycles. The van der Waals surface area contributed by atoms with Gasteiger partial charge < -0.3 is 18.6 Å². The quantitative estimate of drug-likeness (QED) is 0.373. The Balaban J connectivity index is 1.35. The van der Waals surface area contributed by atoms with Crippen LogP contribution in [0.25, 0.3) is 0 Å². The molecule has 1 saturated heterocycles. The standard InChI is InChI=1S/C30H38N2O7S/c1-30(2,3)23-9-7-22(8-10-23)20-39-29-21-38-24(17-26(29)33)19-31-13-6-14-32(16-15-31)40(34,35)25-11-12-27(36-4)28(18-25)37-5/h7-12,17-18,21H,6,13-16,19-20H2,1-5H3. The SMILES string of the molecule is COc1ccc(S(=O)(=O)N2CCCN(Cc3cc(=O)c(OCc4ccc(C(C)(C)C)cc4)co3)CC2)cc1OC. The lowest BCUT2D eigenvalue weighted by Crippen LogP contribution is -2.35. The fourth-order valence-corrected chi connectivity index (χ4v) is 6.07. The van der Waals surface area contributed by atoms with E-state index in [-0.39, 0.29) is 28.1 Å². The van der Waals surface area contributed by atoms with Crippen molar-refractivity contribution in [2.45, 2.75) is 50.7 Å². The third-order valence-electron chi connectivity index (χ3n) is 6.99. The molecule has 2 heterocycles. The fraction of sp³-hybridized carbons (Fsp3) is 0.433. The molecule has 0 saturated carbocycles. The van der Waals surface area contributed by atoms with E-state index in [2.05, 4.69) is 37.8 Å². The van der Waals surface area contributed by atoms with Crippen LogP contribution in [0.15, 0.2) is 68.9 Å². The number of rotatable bonds is 9. The zero-order valence-electron chi connectivity index (χ0n) is 23.8. The van der Waals surface area contributed by atoms with E-state index in [1.54, 1.807) is 6.07 Å². The summed E-state index contributed by atoms with van der Waals surface area (Å²) in [5.74, 6) is 1.49. The Labute approximate surface area is 236 Å². The Bertz CT molecular complexity index is 1460. The van der Waals surface area contributed by atoms with Crippen LogP contribution in [-0.4, -0.2) is 58.0 Å². The first-order chi connectivity index (χ1) is 19.0. The number of hydrogen-bond acceptors (Lipinski definition) is 8. The van der Waals surface area contributed by atoms with Gasteiger partial charge in [0, 0.05) is 31.8 Å². The maximum Gasteiger partial charge on any atom is 0.243 e. The molecule has 0 atom stereocenters. The Morgan fingerprint density at radius 3 is 2.25 bits per heavy atom. The molecular weight excluding hydrogens is 532 g/mol. The highest BCUT2D eigenvalue weighted by molar-refractivity contribution is 7.89. The summed E-state index contributed by atoms with van der Waals surface area (Å²) in [5, 5.41) is 0. The van der Waals surface area contributed by atoms with Gasteiger partial charge in [0.15, 0.2) is 11.5 Å². The molecule has 40 heavy (non-hydrogen) atoms. The average molecular weight is 571 g/mol. The first-order valence-corrected chi connectivity index (χ1v) is 14.7. The van der Waals surface area contributed by atoms with Gasteiger partial charge >= 0.3 is 0 Å². The van der Waals surface area contributed by atoms with Gasteiger partial charge in [-0.1, -0.05) is 45.0 Å². The topological polar surface area (TPSA) is 98.5 Å². The summed E-state index contributed by atoms with van der Waals surface area (Å²) < 4.78 is 50.1. The average Bonchev–Trinajstić information content (AvgIpc) is 3.18. The molecule has 216 valence electrons. The normalized spacial score (nSPS) is 15.4. The van der Waals surface area contributed by atoms with Crippen molar-refractivity contribution in [3.63, 3.8) is 0 Å². The monoisotopic (exact) mass is 570 g/mol. The summed E-state index contributed by atoms with van der Waals surface area (Å²) in [6, 6.07) is 14.2. The third kappa shape index (κ3) is 7.04. The molecule has 10 heteroatoms. The number of nitrogens with zero attached hydrogens (tertiary/aromatic N) is 2. The number of benzene rings is 2. The van der Waals surface area contributed by atoms with Crippen LogP contribution in [-0.2, 0) is 28.6 Å². The minimum atomic E-state index is -3.71. The second kappa shape index (κ2) is 12.4. The molecule has 3 aromatic rings. The molecule has 0 bridgehead atoms. The van der Waals surface area contributed by atoms with E-state index in [1.165, 1.54) is 48.6 Å². The Morgan fingerprint density at radius 2 is 1.60 bits per heavy atom. The van der Waals surface area contributed by atoms with Crippen molar-refractivity contribution < 1.29 is 27.0 Å². The van der Waals surface area contributed by atoms with Crippen LogP contribution in [0.3, 0.4) is 0 Å². The van der Waals surface area contributed by atoms with Crippen molar-refractivity contribution >= 4 is 10.0 Å². The van der Waals surface area contributed by atoms with Crippen molar-refractivity contribution in [1.29, 1.82) is 0 Å². The molecule has 1 aliphatic heterocycles. The van der Waals surface area contributed by atoms with E-state index in [1.807, 2.05) is 12.1 Å². The molecule has 9 nitrogen and oxygen atoms in total. The number of hydrogen-bond donors (Lipinski definition) is 0.